The molecule has 26 heavy (non-hydrogen) atoms. The lowest BCUT2D eigenvalue weighted by molar-refractivity contribution is 0.282. The molecule has 0 saturated heterocycles. The molecule has 134 valence electrons. The van der Waals surface area contributed by atoms with E-state index in [2.05, 4.69) is 28.4 Å². The van der Waals surface area contributed by atoms with Crippen molar-refractivity contribution in [1.29, 1.82) is 0 Å². The Morgan fingerprint density at radius 1 is 1.19 bits per heavy atom. The number of fused-ring (bicyclic) bond motifs is 1. The molecule has 0 amide bonds. The Labute approximate surface area is 157 Å². The number of hydrogen-bond donors (Lipinski definition) is 1. The van der Waals surface area contributed by atoms with Crippen molar-refractivity contribution in [3.05, 3.63) is 62.5 Å². The molecule has 0 atom stereocenters. The summed E-state index contributed by atoms with van der Waals surface area (Å²) in [5.41, 5.74) is 3.18. The van der Waals surface area contributed by atoms with Gasteiger partial charge >= 0.3 is 0 Å². The summed E-state index contributed by atoms with van der Waals surface area (Å²) in [6, 6.07) is 9.88. The molecule has 2 heterocycles. The number of halogens is 1. The molecule has 0 unspecified atom stereocenters. The molecule has 1 aliphatic rings. The SMILES string of the molecule is Cc1c(Cl)cccc1C1(Nc2ccc3c(C)nn(C)c(=O)c3n2)CCC1. The first kappa shape index (κ1) is 17.0. The Morgan fingerprint density at radius 2 is 1.96 bits per heavy atom. The average Bonchev–Trinajstić information content (AvgIpc) is 2.59. The Morgan fingerprint density at radius 3 is 2.65 bits per heavy atom. The lowest BCUT2D eigenvalue weighted by Crippen LogP contribution is -2.43. The molecule has 3 aromatic rings. The van der Waals surface area contributed by atoms with Gasteiger partial charge in [0.25, 0.3) is 5.56 Å². The Bertz CT molecular complexity index is 1070. The zero-order valence-corrected chi connectivity index (χ0v) is 15.9. The third kappa shape index (κ3) is 2.58. The molecule has 2 aromatic heterocycles. The summed E-state index contributed by atoms with van der Waals surface area (Å²) >= 11 is 6.34. The molecule has 1 aliphatic carbocycles. The molecule has 1 N–H and O–H groups in total. The van der Waals surface area contributed by atoms with Crippen LogP contribution in [0.15, 0.2) is 35.1 Å². The molecular formula is C20H21ClN4O. The molecule has 0 aliphatic heterocycles. The fraction of sp³-hybridized carbons (Fsp3) is 0.350. The van der Waals surface area contributed by atoms with Crippen LogP contribution in [0.3, 0.4) is 0 Å². The quantitative estimate of drug-likeness (QED) is 0.756. The van der Waals surface area contributed by atoms with Crippen molar-refractivity contribution >= 4 is 28.3 Å². The largest absolute Gasteiger partial charge is 0.361 e. The first-order chi connectivity index (χ1) is 12.4. The second-order valence-corrected chi connectivity index (χ2v) is 7.49. The van der Waals surface area contributed by atoms with E-state index in [0.29, 0.717) is 11.3 Å². The van der Waals surface area contributed by atoms with Gasteiger partial charge in [-0.15, -0.1) is 0 Å². The summed E-state index contributed by atoms with van der Waals surface area (Å²) in [6.07, 6.45) is 3.18. The number of pyridine rings is 1. The van der Waals surface area contributed by atoms with E-state index in [1.807, 2.05) is 31.2 Å². The summed E-state index contributed by atoms with van der Waals surface area (Å²) in [5.74, 6) is 0.708. The first-order valence-corrected chi connectivity index (χ1v) is 9.17. The van der Waals surface area contributed by atoms with Crippen molar-refractivity contribution in [2.45, 2.75) is 38.6 Å². The smallest absolute Gasteiger partial charge is 0.293 e. The van der Waals surface area contributed by atoms with Gasteiger partial charge in [0.1, 0.15) is 11.3 Å². The Kier molecular flexibility index (Phi) is 3.99. The number of anilines is 1. The van der Waals surface area contributed by atoms with Gasteiger partial charge in [-0.2, -0.15) is 5.10 Å². The van der Waals surface area contributed by atoms with Crippen LogP contribution in [0.25, 0.3) is 10.9 Å². The first-order valence-electron chi connectivity index (χ1n) is 8.80. The van der Waals surface area contributed by atoms with Crippen LogP contribution in [0, 0.1) is 13.8 Å². The number of benzene rings is 1. The Balaban J connectivity index is 1.80. The molecule has 1 saturated carbocycles. The molecule has 6 heteroatoms. The van der Waals surface area contributed by atoms with Gasteiger partial charge in [0.2, 0.25) is 0 Å². The lowest BCUT2D eigenvalue weighted by atomic mass is 9.70. The van der Waals surface area contributed by atoms with Crippen LogP contribution < -0.4 is 10.9 Å². The number of aromatic nitrogens is 3. The number of nitrogens with one attached hydrogen (secondary N) is 1. The summed E-state index contributed by atoms with van der Waals surface area (Å²) < 4.78 is 1.34. The summed E-state index contributed by atoms with van der Waals surface area (Å²) in [7, 11) is 1.65. The predicted octanol–water partition coefficient (Wildman–Crippen LogP) is 4.09. The molecule has 0 bridgehead atoms. The zero-order chi connectivity index (χ0) is 18.5. The van der Waals surface area contributed by atoms with Crippen molar-refractivity contribution in [1.82, 2.24) is 14.8 Å². The van der Waals surface area contributed by atoms with E-state index in [4.69, 9.17) is 11.6 Å². The highest BCUT2D eigenvalue weighted by atomic mass is 35.5. The maximum atomic E-state index is 12.4. The molecule has 1 aromatic carbocycles. The fourth-order valence-electron chi connectivity index (χ4n) is 3.82. The van der Waals surface area contributed by atoms with Crippen LogP contribution in [0.2, 0.25) is 5.02 Å². The van der Waals surface area contributed by atoms with Crippen LogP contribution in [0.1, 0.15) is 36.1 Å². The number of nitrogens with zero attached hydrogens (tertiary/aromatic N) is 3. The highest BCUT2D eigenvalue weighted by molar-refractivity contribution is 6.31. The minimum Gasteiger partial charge on any atom is -0.361 e. The highest BCUT2D eigenvalue weighted by Gasteiger charge is 2.40. The average molecular weight is 369 g/mol. The fourth-order valence-corrected chi connectivity index (χ4v) is 4.00. The maximum Gasteiger partial charge on any atom is 0.293 e. The number of rotatable bonds is 3. The topological polar surface area (TPSA) is 59.8 Å². The van der Waals surface area contributed by atoms with Crippen molar-refractivity contribution in [3.63, 3.8) is 0 Å². The molecule has 0 spiro atoms. The summed E-state index contributed by atoms with van der Waals surface area (Å²) in [5, 5.41) is 9.39. The molecular weight excluding hydrogens is 348 g/mol. The van der Waals surface area contributed by atoms with E-state index in [0.717, 1.165) is 40.9 Å². The molecule has 0 radical (unpaired) electrons. The number of hydrogen-bond acceptors (Lipinski definition) is 4. The maximum absolute atomic E-state index is 12.4. The third-order valence-electron chi connectivity index (χ3n) is 5.44. The van der Waals surface area contributed by atoms with E-state index in [1.54, 1.807) is 7.05 Å². The minimum absolute atomic E-state index is 0.178. The molecule has 4 rings (SSSR count). The van der Waals surface area contributed by atoms with Gasteiger partial charge in [0.05, 0.1) is 11.2 Å². The van der Waals surface area contributed by atoms with Crippen LogP contribution in [-0.2, 0) is 12.6 Å². The van der Waals surface area contributed by atoms with Crippen molar-refractivity contribution in [3.8, 4) is 0 Å². The Hall–Kier alpha value is -2.40. The van der Waals surface area contributed by atoms with Gasteiger partial charge in [-0.1, -0.05) is 23.7 Å². The van der Waals surface area contributed by atoms with E-state index in [9.17, 15) is 4.79 Å². The van der Waals surface area contributed by atoms with E-state index >= 15 is 0 Å². The van der Waals surface area contributed by atoms with Crippen molar-refractivity contribution in [2.75, 3.05) is 5.32 Å². The van der Waals surface area contributed by atoms with Crippen molar-refractivity contribution in [2.24, 2.45) is 7.05 Å². The second kappa shape index (κ2) is 6.09. The minimum atomic E-state index is -0.184. The zero-order valence-electron chi connectivity index (χ0n) is 15.1. The molecule has 5 nitrogen and oxygen atoms in total. The monoisotopic (exact) mass is 368 g/mol. The standard InChI is InChI=1S/C20H21ClN4O/c1-12-15(6-4-7-16(12)21)20(10-5-11-20)23-17-9-8-14-13(2)24-25(3)19(26)18(14)22-17/h4,6-9H,5,10-11H2,1-3H3,(H,22,23). The van der Waals surface area contributed by atoms with Gasteiger partial charge in [0, 0.05) is 17.5 Å². The van der Waals surface area contributed by atoms with Crippen LogP contribution in [-0.4, -0.2) is 14.8 Å². The van der Waals surface area contributed by atoms with Gasteiger partial charge < -0.3 is 5.32 Å². The second-order valence-electron chi connectivity index (χ2n) is 7.08. The van der Waals surface area contributed by atoms with E-state index < -0.39 is 0 Å². The van der Waals surface area contributed by atoms with Crippen LogP contribution >= 0.6 is 11.6 Å². The predicted molar refractivity (Wildman–Crippen MR) is 105 cm³/mol. The van der Waals surface area contributed by atoms with Crippen LogP contribution in [0.4, 0.5) is 5.82 Å². The summed E-state index contributed by atoms with van der Waals surface area (Å²) in [4.78, 5) is 17.1. The van der Waals surface area contributed by atoms with Gasteiger partial charge in [-0.25, -0.2) is 9.67 Å². The van der Waals surface area contributed by atoms with Gasteiger partial charge in [0.15, 0.2) is 0 Å². The van der Waals surface area contributed by atoms with Gasteiger partial charge in [-0.05, 0) is 62.4 Å². The lowest BCUT2D eigenvalue weighted by Gasteiger charge is -2.44. The van der Waals surface area contributed by atoms with E-state index in [-0.39, 0.29) is 11.1 Å². The molecule has 1 fully saturated rings. The van der Waals surface area contributed by atoms with Crippen LogP contribution in [0.5, 0.6) is 0 Å². The third-order valence-corrected chi connectivity index (χ3v) is 5.85. The van der Waals surface area contributed by atoms with E-state index in [1.165, 1.54) is 10.2 Å². The van der Waals surface area contributed by atoms with Gasteiger partial charge in [-0.3, -0.25) is 4.79 Å². The normalized spacial score (nSPS) is 15.7. The number of aryl methyl sites for hydroxylation is 2. The summed E-state index contributed by atoms with van der Waals surface area (Å²) in [6.45, 7) is 3.94. The highest BCUT2D eigenvalue weighted by Crippen LogP contribution is 2.46. The van der Waals surface area contributed by atoms with Crippen molar-refractivity contribution < 1.29 is 0 Å².